The van der Waals surface area contributed by atoms with Crippen molar-refractivity contribution < 1.29 is 13.2 Å². The van der Waals surface area contributed by atoms with E-state index >= 15 is 0 Å². The maximum Gasteiger partial charge on any atom is 0.247 e. The molecule has 8 heteroatoms. The van der Waals surface area contributed by atoms with Crippen LogP contribution < -0.4 is 16.4 Å². The number of rotatable bonds is 9. The van der Waals surface area contributed by atoms with E-state index in [2.05, 4.69) is 10.6 Å². The second kappa shape index (κ2) is 11.1. The summed E-state index contributed by atoms with van der Waals surface area (Å²) in [5, 5.41) is 13.9. The summed E-state index contributed by atoms with van der Waals surface area (Å²) in [6.07, 6.45) is 1.63. The number of hydrogen-bond acceptors (Lipinski definition) is 5. The van der Waals surface area contributed by atoms with Crippen LogP contribution in [0.15, 0.2) is 108 Å². The zero-order valence-electron chi connectivity index (χ0n) is 20.3. The average molecular weight is 513 g/mol. The second-order valence-corrected chi connectivity index (χ2v) is 10.7. The standard InChI is InChI=1S/C29H28N4O3S/c1-37(35,36)27-13-6-5-12-25(27)21-14-16-23(17-15-21)33-29(34)26(18-20-8-3-2-4-9-20)32-24-11-7-10-22(19-24)28(30)31/h2-17,19,26,32H,18H2,1H3,(H3,30,31)(H,33,34)/t26-/m0/s1. The maximum atomic E-state index is 13.4. The Morgan fingerprint density at radius 2 is 1.54 bits per heavy atom. The molecule has 0 saturated carbocycles. The Morgan fingerprint density at radius 1 is 0.865 bits per heavy atom. The largest absolute Gasteiger partial charge is 0.384 e. The van der Waals surface area contributed by atoms with Crippen molar-refractivity contribution in [2.45, 2.75) is 17.4 Å². The van der Waals surface area contributed by atoms with E-state index in [0.717, 1.165) is 11.1 Å². The number of nitrogen functional groups attached to an aromatic ring is 1. The van der Waals surface area contributed by atoms with Gasteiger partial charge in [-0.15, -0.1) is 0 Å². The van der Waals surface area contributed by atoms with Crippen LogP contribution in [0, 0.1) is 5.41 Å². The van der Waals surface area contributed by atoms with Crippen molar-refractivity contribution in [3.05, 3.63) is 114 Å². The van der Waals surface area contributed by atoms with Crippen molar-refractivity contribution in [1.82, 2.24) is 0 Å². The van der Waals surface area contributed by atoms with Crippen molar-refractivity contribution in [2.75, 3.05) is 16.9 Å². The Kier molecular flexibility index (Phi) is 7.69. The van der Waals surface area contributed by atoms with Crippen molar-refractivity contribution in [1.29, 1.82) is 5.41 Å². The fraction of sp³-hybridized carbons (Fsp3) is 0.103. The highest BCUT2D eigenvalue weighted by Crippen LogP contribution is 2.28. The molecular formula is C29H28N4O3S. The van der Waals surface area contributed by atoms with E-state index in [4.69, 9.17) is 11.1 Å². The smallest absolute Gasteiger partial charge is 0.247 e. The monoisotopic (exact) mass is 512 g/mol. The Hall–Kier alpha value is -4.43. The molecule has 0 aromatic heterocycles. The third-order valence-electron chi connectivity index (χ3n) is 5.86. The first-order valence-electron chi connectivity index (χ1n) is 11.7. The normalized spacial score (nSPS) is 11.9. The summed E-state index contributed by atoms with van der Waals surface area (Å²) < 4.78 is 24.4. The zero-order valence-corrected chi connectivity index (χ0v) is 21.1. The fourth-order valence-corrected chi connectivity index (χ4v) is 4.94. The van der Waals surface area contributed by atoms with Crippen LogP contribution in [0.5, 0.6) is 0 Å². The molecule has 1 amide bonds. The van der Waals surface area contributed by atoms with Crippen LogP contribution in [-0.2, 0) is 21.1 Å². The van der Waals surface area contributed by atoms with Gasteiger partial charge in [-0.1, -0.05) is 72.8 Å². The molecule has 0 spiro atoms. The molecule has 0 radical (unpaired) electrons. The van der Waals surface area contributed by atoms with E-state index in [1.807, 2.05) is 36.4 Å². The molecule has 1 atom stereocenters. The lowest BCUT2D eigenvalue weighted by Gasteiger charge is -2.20. The summed E-state index contributed by atoms with van der Waals surface area (Å²) in [5.74, 6) is -0.286. The maximum absolute atomic E-state index is 13.4. The highest BCUT2D eigenvalue weighted by molar-refractivity contribution is 7.90. The summed E-state index contributed by atoms with van der Waals surface area (Å²) in [4.78, 5) is 13.6. The van der Waals surface area contributed by atoms with Gasteiger partial charge >= 0.3 is 0 Å². The summed E-state index contributed by atoms with van der Waals surface area (Å²) in [7, 11) is -3.39. The highest BCUT2D eigenvalue weighted by Gasteiger charge is 2.20. The number of nitrogens with one attached hydrogen (secondary N) is 3. The van der Waals surface area contributed by atoms with Crippen LogP contribution in [0.3, 0.4) is 0 Å². The summed E-state index contributed by atoms with van der Waals surface area (Å²) in [6, 6.07) is 30.1. The molecule has 0 heterocycles. The molecule has 0 aliphatic rings. The summed E-state index contributed by atoms with van der Waals surface area (Å²) >= 11 is 0. The number of carbonyl (C=O) groups excluding carboxylic acids is 1. The zero-order chi connectivity index (χ0) is 26.4. The first kappa shape index (κ1) is 25.7. The molecule has 4 rings (SSSR count). The van der Waals surface area contributed by atoms with Gasteiger partial charge in [-0.2, -0.15) is 0 Å². The number of anilines is 2. The van der Waals surface area contributed by atoms with Crippen molar-refractivity contribution in [2.24, 2.45) is 5.73 Å². The van der Waals surface area contributed by atoms with E-state index in [9.17, 15) is 13.2 Å². The van der Waals surface area contributed by atoms with Gasteiger partial charge in [-0.3, -0.25) is 10.2 Å². The number of amidine groups is 1. The van der Waals surface area contributed by atoms with Crippen LogP contribution in [0.25, 0.3) is 11.1 Å². The molecule has 0 aliphatic carbocycles. The highest BCUT2D eigenvalue weighted by atomic mass is 32.2. The molecule has 5 N–H and O–H groups in total. The predicted molar refractivity (Wildman–Crippen MR) is 149 cm³/mol. The Bertz CT molecular complexity index is 1520. The van der Waals surface area contributed by atoms with Crippen LogP contribution in [0.1, 0.15) is 11.1 Å². The van der Waals surface area contributed by atoms with Crippen molar-refractivity contribution in [3.8, 4) is 11.1 Å². The van der Waals surface area contributed by atoms with Gasteiger partial charge in [0.25, 0.3) is 0 Å². The number of amides is 1. The van der Waals surface area contributed by atoms with Gasteiger partial charge in [-0.25, -0.2) is 8.42 Å². The van der Waals surface area contributed by atoms with Crippen LogP contribution >= 0.6 is 0 Å². The lowest BCUT2D eigenvalue weighted by molar-refractivity contribution is -0.116. The molecular weight excluding hydrogens is 484 g/mol. The summed E-state index contributed by atoms with van der Waals surface area (Å²) in [5.41, 5.74) is 9.79. The fourth-order valence-electron chi connectivity index (χ4n) is 4.03. The van der Waals surface area contributed by atoms with E-state index in [1.54, 1.807) is 66.7 Å². The molecule has 0 aliphatic heterocycles. The van der Waals surface area contributed by atoms with E-state index in [1.165, 1.54) is 6.26 Å². The van der Waals surface area contributed by atoms with Gasteiger partial charge < -0.3 is 16.4 Å². The molecule has 7 nitrogen and oxygen atoms in total. The van der Waals surface area contributed by atoms with E-state index in [0.29, 0.717) is 28.9 Å². The lowest BCUT2D eigenvalue weighted by Crippen LogP contribution is -2.36. The number of nitrogens with two attached hydrogens (primary N) is 1. The second-order valence-electron chi connectivity index (χ2n) is 8.72. The predicted octanol–water partition coefficient (Wildman–Crippen LogP) is 4.70. The minimum Gasteiger partial charge on any atom is -0.384 e. The molecule has 4 aromatic carbocycles. The molecule has 37 heavy (non-hydrogen) atoms. The third-order valence-corrected chi connectivity index (χ3v) is 7.02. The van der Waals surface area contributed by atoms with Gasteiger partial charge in [-0.05, 0) is 41.5 Å². The number of carbonyl (C=O) groups is 1. The van der Waals surface area contributed by atoms with Gasteiger partial charge in [0, 0.05) is 35.2 Å². The lowest BCUT2D eigenvalue weighted by atomic mass is 10.0. The Balaban J connectivity index is 1.56. The molecule has 188 valence electrons. The molecule has 0 fully saturated rings. The first-order chi connectivity index (χ1) is 17.7. The topological polar surface area (TPSA) is 125 Å². The van der Waals surface area contributed by atoms with Crippen LogP contribution in [0.4, 0.5) is 11.4 Å². The minimum atomic E-state index is -3.39. The molecule has 0 unspecified atom stereocenters. The van der Waals surface area contributed by atoms with Crippen molar-refractivity contribution >= 4 is 33.0 Å². The van der Waals surface area contributed by atoms with Gasteiger partial charge in [0.1, 0.15) is 11.9 Å². The Labute approximate surface area is 216 Å². The number of benzene rings is 4. The SMILES string of the molecule is CS(=O)(=O)c1ccccc1-c1ccc(NC(=O)[C@H](Cc2ccccc2)Nc2cccc(C(=N)N)c2)cc1. The van der Waals surface area contributed by atoms with Gasteiger partial charge in [0.2, 0.25) is 5.91 Å². The van der Waals surface area contributed by atoms with Gasteiger partial charge in [0.05, 0.1) is 4.90 Å². The van der Waals surface area contributed by atoms with Gasteiger partial charge in [0.15, 0.2) is 9.84 Å². The number of sulfone groups is 1. The average Bonchev–Trinajstić information content (AvgIpc) is 2.89. The molecule has 0 bridgehead atoms. The summed E-state index contributed by atoms with van der Waals surface area (Å²) in [6.45, 7) is 0. The Morgan fingerprint density at radius 3 is 2.22 bits per heavy atom. The minimum absolute atomic E-state index is 0.0507. The quantitative estimate of drug-likeness (QED) is 0.191. The molecule has 0 saturated heterocycles. The van der Waals surface area contributed by atoms with E-state index in [-0.39, 0.29) is 16.6 Å². The molecule has 4 aromatic rings. The third kappa shape index (κ3) is 6.62. The van der Waals surface area contributed by atoms with Crippen molar-refractivity contribution in [3.63, 3.8) is 0 Å². The number of hydrogen-bond donors (Lipinski definition) is 4. The van der Waals surface area contributed by atoms with Crippen LogP contribution in [0.2, 0.25) is 0 Å². The first-order valence-corrected chi connectivity index (χ1v) is 13.5. The van der Waals surface area contributed by atoms with Crippen LogP contribution in [-0.4, -0.2) is 32.5 Å². The van der Waals surface area contributed by atoms with E-state index < -0.39 is 15.9 Å².